The van der Waals surface area contributed by atoms with Gasteiger partial charge in [-0.05, 0) is 19.3 Å². The fraction of sp³-hybridized carbons (Fsp3) is 0.692. The molecule has 0 aromatic heterocycles. The summed E-state index contributed by atoms with van der Waals surface area (Å²) in [5.41, 5.74) is 0. The normalized spacial score (nSPS) is 22.8. The third kappa shape index (κ3) is 3.19. The van der Waals surface area contributed by atoms with Crippen molar-refractivity contribution in [3.8, 4) is 0 Å². The lowest BCUT2D eigenvalue weighted by molar-refractivity contribution is -0.132. The maximum atomic E-state index is 12.3. The molecule has 1 fully saturated rings. The van der Waals surface area contributed by atoms with Crippen molar-refractivity contribution in [2.24, 2.45) is 5.92 Å². The minimum absolute atomic E-state index is 0.0203. The van der Waals surface area contributed by atoms with Gasteiger partial charge in [0.25, 0.3) is 5.91 Å². The highest BCUT2D eigenvalue weighted by Gasteiger charge is 2.32. The van der Waals surface area contributed by atoms with Crippen molar-refractivity contribution in [2.75, 3.05) is 33.4 Å². The molecule has 2 aliphatic rings. The van der Waals surface area contributed by atoms with Gasteiger partial charge in [0, 0.05) is 26.6 Å². The molecule has 6 heteroatoms. The maximum Gasteiger partial charge on any atom is 0.292 e. The highest BCUT2D eigenvalue weighted by atomic mass is 16.6. The van der Waals surface area contributed by atoms with Crippen molar-refractivity contribution < 1.29 is 19.1 Å². The predicted molar refractivity (Wildman–Crippen MR) is 68.0 cm³/mol. The van der Waals surface area contributed by atoms with E-state index in [1.165, 1.54) is 0 Å². The molecule has 1 N–H and O–H groups in total. The van der Waals surface area contributed by atoms with Gasteiger partial charge in [-0.15, -0.1) is 0 Å². The summed E-state index contributed by atoms with van der Waals surface area (Å²) in [7, 11) is 1.63. The summed E-state index contributed by atoms with van der Waals surface area (Å²) in [5, 5.41) is 2.61. The molecule has 0 aliphatic carbocycles. The van der Waals surface area contributed by atoms with Crippen molar-refractivity contribution >= 4 is 11.8 Å². The van der Waals surface area contributed by atoms with Crippen molar-refractivity contribution in [1.82, 2.24) is 10.2 Å². The molecule has 1 unspecified atom stereocenters. The van der Waals surface area contributed by atoms with Gasteiger partial charge in [-0.3, -0.25) is 9.59 Å². The number of nitrogens with one attached hydrogen (secondary N) is 1. The first-order chi connectivity index (χ1) is 9.11. The SMILES string of the molecule is CNC(=O)CC1CCN(C(=O)C2=C(C)OCCO2)C1. The van der Waals surface area contributed by atoms with E-state index in [0.29, 0.717) is 44.2 Å². The molecule has 2 aliphatic heterocycles. The molecule has 0 aromatic rings. The Hall–Kier alpha value is -1.72. The molecule has 0 spiro atoms. The number of amides is 2. The van der Waals surface area contributed by atoms with E-state index in [4.69, 9.17) is 9.47 Å². The van der Waals surface area contributed by atoms with E-state index >= 15 is 0 Å². The monoisotopic (exact) mass is 268 g/mol. The van der Waals surface area contributed by atoms with Crippen LogP contribution in [0.2, 0.25) is 0 Å². The molecule has 2 amide bonds. The Bertz CT molecular complexity index is 405. The summed E-state index contributed by atoms with van der Waals surface area (Å²) in [6.45, 7) is 3.91. The molecular weight excluding hydrogens is 248 g/mol. The lowest BCUT2D eigenvalue weighted by Crippen LogP contribution is -2.33. The fourth-order valence-corrected chi connectivity index (χ4v) is 2.41. The highest BCUT2D eigenvalue weighted by Crippen LogP contribution is 2.23. The quantitative estimate of drug-likeness (QED) is 0.796. The smallest absolute Gasteiger partial charge is 0.292 e. The summed E-state index contributed by atoms with van der Waals surface area (Å²) in [5.74, 6) is 0.982. The maximum absolute atomic E-state index is 12.3. The predicted octanol–water partition coefficient (Wildman–Crippen LogP) is 0.249. The minimum atomic E-state index is -0.128. The average Bonchev–Trinajstić information content (AvgIpc) is 2.87. The van der Waals surface area contributed by atoms with E-state index in [1.807, 2.05) is 0 Å². The highest BCUT2D eigenvalue weighted by molar-refractivity contribution is 5.92. The first-order valence-electron chi connectivity index (χ1n) is 6.58. The lowest BCUT2D eigenvalue weighted by atomic mass is 10.0. The Morgan fingerprint density at radius 2 is 2.11 bits per heavy atom. The largest absolute Gasteiger partial charge is 0.491 e. The number of carbonyl (C=O) groups excluding carboxylic acids is 2. The Morgan fingerprint density at radius 3 is 2.79 bits per heavy atom. The molecule has 6 nitrogen and oxygen atoms in total. The van der Waals surface area contributed by atoms with Crippen molar-refractivity contribution in [1.29, 1.82) is 0 Å². The Labute approximate surface area is 112 Å². The first-order valence-corrected chi connectivity index (χ1v) is 6.58. The van der Waals surface area contributed by atoms with E-state index in [2.05, 4.69) is 5.32 Å². The van der Waals surface area contributed by atoms with Gasteiger partial charge in [0.1, 0.15) is 19.0 Å². The summed E-state index contributed by atoms with van der Waals surface area (Å²) in [6.07, 6.45) is 1.32. The van der Waals surface area contributed by atoms with E-state index in [9.17, 15) is 9.59 Å². The van der Waals surface area contributed by atoms with Crippen molar-refractivity contribution in [3.63, 3.8) is 0 Å². The first kappa shape index (κ1) is 13.7. The zero-order valence-electron chi connectivity index (χ0n) is 11.4. The molecule has 1 atom stereocenters. The number of ether oxygens (including phenoxy) is 2. The number of hydrogen-bond donors (Lipinski definition) is 1. The van der Waals surface area contributed by atoms with Crippen LogP contribution in [0.3, 0.4) is 0 Å². The topological polar surface area (TPSA) is 67.9 Å². The zero-order valence-corrected chi connectivity index (χ0v) is 11.4. The molecule has 2 heterocycles. The van der Waals surface area contributed by atoms with E-state index < -0.39 is 0 Å². The third-order valence-electron chi connectivity index (χ3n) is 3.49. The molecule has 0 aromatic carbocycles. The van der Waals surface area contributed by atoms with Crippen LogP contribution in [0.25, 0.3) is 0 Å². The molecule has 0 bridgehead atoms. The molecule has 106 valence electrons. The van der Waals surface area contributed by atoms with E-state index in [0.717, 1.165) is 6.42 Å². The van der Waals surface area contributed by atoms with Crippen LogP contribution < -0.4 is 5.32 Å². The molecule has 2 rings (SSSR count). The molecule has 19 heavy (non-hydrogen) atoms. The van der Waals surface area contributed by atoms with E-state index in [1.54, 1.807) is 18.9 Å². The van der Waals surface area contributed by atoms with Crippen LogP contribution in [-0.4, -0.2) is 50.1 Å². The Kier molecular flexibility index (Phi) is 4.29. The van der Waals surface area contributed by atoms with Crippen molar-refractivity contribution in [3.05, 3.63) is 11.5 Å². The molecular formula is C13H20N2O4. The number of hydrogen-bond acceptors (Lipinski definition) is 4. The number of rotatable bonds is 3. The van der Waals surface area contributed by atoms with Gasteiger partial charge >= 0.3 is 0 Å². The summed E-state index contributed by atoms with van der Waals surface area (Å²) in [4.78, 5) is 25.3. The summed E-state index contributed by atoms with van der Waals surface area (Å²) >= 11 is 0. The summed E-state index contributed by atoms with van der Waals surface area (Å²) < 4.78 is 10.7. The van der Waals surface area contributed by atoms with Crippen LogP contribution in [-0.2, 0) is 19.1 Å². The molecule has 0 saturated carbocycles. The van der Waals surface area contributed by atoms with Crippen LogP contribution in [0, 0.1) is 5.92 Å². The van der Waals surface area contributed by atoms with Gasteiger partial charge in [-0.2, -0.15) is 0 Å². The van der Waals surface area contributed by atoms with Crippen LogP contribution in [0.4, 0.5) is 0 Å². The number of carbonyl (C=O) groups is 2. The van der Waals surface area contributed by atoms with Gasteiger partial charge < -0.3 is 19.7 Å². The standard InChI is InChI=1S/C13H20N2O4/c1-9-12(19-6-5-18-9)13(17)15-4-3-10(8-15)7-11(16)14-2/h10H,3-8H2,1-2H3,(H,14,16). The summed E-state index contributed by atoms with van der Waals surface area (Å²) in [6, 6.07) is 0. The van der Waals surface area contributed by atoms with Crippen molar-refractivity contribution in [2.45, 2.75) is 19.8 Å². The average molecular weight is 268 g/mol. The van der Waals surface area contributed by atoms with Crippen LogP contribution in [0.5, 0.6) is 0 Å². The van der Waals surface area contributed by atoms with Gasteiger partial charge in [0.15, 0.2) is 0 Å². The zero-order chi connectivity index (χ0) is 13.8. The molecule has 0 radical (unpaired) electrons. The van der Waals surface area contributed by atoms with Crippen LogP contribution in [0.15, 0.2) is 11.5 Å². The Balaban J connectivity index is 1.93. The van der Waals surface area contributed by atoms with E-state index in [-0.39, 0.29) is 17.7 Å². The number of nitrogens with zero attached hydrogens (tertiary/aromatic N) is 1. The van der Waals surface area contributed by atoms with Gasteiger partial charge in [-0.25, -0.2) is 0 Å². The number of allylic oxidation sites excluding steroid dienone is 1. The minimum Gasteiger partial charge on any atom is -0.491 e. The van der Waals surface area contributed by atoms with Gasteiger partial charge in [0.2, 0.25) is 11.7 Å². The molecule has 1 saturated heterocycles. The van der Waals surface area contributed by atoms with Gasteiger partial charge in [0.05, 0.1) is 0 Å². The lowest BCUT2D eigenvalue weighted by Gasteiger charge is -2.23. The van der Waals surface area contributed by atoms with Crippen LogP contribution >= 0.6 is 0 Å². The fourth-order valence-electron chi connectivity index (χ4n) is 2.41. The third-order valence-corrected chi connectivity index (χ3v) is 3.49. The van der Waals surface area contributed by atoms with Gasteiger partial charge in [-0.1, -0.05) is 0 Å². The second-order valence-electron chi connectivity index (χ2n) is 4.87. The Morgan fingerprint density at radius 1 is 1.37 bits per heavy atom. The second-order valence-corrected chi connectivity index (χ2v) is 4.87. The van der Waals surface area contributed by atoms with Crippen LogP contribution in [0.1, 0.15) is 19.8 Å². The number of likely N-dealkylation sites (tertiary alicyclic amines) is 1. The second kappa shape index (κ2) is 5.95.